The molecule has 1 unspecified atom stereocenters. The summed E-state index contributed by atoms with van der Waals surface area (Å²) in [5, 5.41) is 7.97. The number of rotatable bonds is 8. The minimum Gasteiger partial charge on any atom is -0.755 e. The van der Waals surface area contributed by atoms with Gasteiger partial charge in [-0.15, -0.1) is 11.3 Å². The second-order valence-electron chi connectivity index (χ2n) is 10.3. The van der Waals surface area contributed by atoms with Crippen molar-refractivity contribution in [1.29, 1.82) is 0 Å². The van der Waals surface area contributed by atoms with Gasteiger partial charge in [0.05, 0.1) is 45.2 Å². The van der Waals surface area contributed by atoms with E-state index in [1.807, 2.05) is 29.3 Å². The summed E-state index contributed by atoms with van der Waals surface area (Å²) in [7, 11) is 0. The molecule has 1 atom stereocenters. The van der Waals surface area contributed by atoms with Crippen LogP contribution in [0.15, 0.2) is 67.1 Å². The molecule has 1 amide bonds. The lowest BCUT2D eigenvalue weighted by molar-refractivity contribution is 0.0743. The number of imidazole rings is 1. The van der Waals surface area contributed by atoms with E-state index in [1.54, 1.807) is 35.0 Å². The van der Waals surface area contributed by atoms with Gasteiger partial charge in [-0.3, -0.25) is 18.7 Å². The third-order valence-corrected chi connectivity index (χ3v) is 9.68. The summed E-state index contributed by atoms with van der Waals surface area (Å²) < 4.78 is 27.7. The Bertz CT molecular complexity index is 1940. The number of nitrogens with zero attached hydrogens (tertiary/aromatic N) is 5. The summed E-state index contributed by atoms with van der Waals surface area (Å²) in [6.45, 7) is 1.16. The van der Waals surface area contributed by atoms with Crippen molar-refractivity contribution in [1.82, 2.24) is 30.2 Å². The van der Waals surface area contributed by atoms with E-state index in [2.05, 4.69) is 27.2 Å². The zero-order chi connectivity index (χ0) is 32.2. The van der Waals surface area contributed by atoms with Crippen molar-refractivity contribution >= 4 is 69.1 Å². The number of nitrogens with one attached hydrogen (secondary N) is 2. The molecule has 5 aromatic rings. The fourth-order valence-corrected chi connectivity index (χ4v) is 7.04. The first-order valence-corrected chi connectivity index (χ1v) is 17.1. The first-order valence-electron chi connectivity index (χ1n) is 14.1. The Morgan fingerprint density at radius 2 is 1.80 bits per heavy atom. The number of carbonyl (C=O) groups excluding carboxylic acids is 1. The topological polar surface area (TPSA) is 122 Å². The molecule has 0 bridgehead atoms. The van der Waals surface area contributed by atoms with E-state index in [9.17, 15) is 13.6 Å². The Kier molecular flexibility index (Phi) is 10.1. The summed E-state index contributed by atoms with van der Waals surface area (Å²) in [5.41, 5.74) is 5.11. The number of carbonyl (C=O) groups is 1. The van der Waals surface area contributed by atoms with Gasteiger partial charge in [-0.25, -0.2) is 14.7 Å². The maximum atomic E-state index is 13.9. The lowest BCUT2D eigenvalue weighted by Gasteiger charge is -2.27. The highest BCUT2D eigenvalue weighted by atomic mass is 35.5. The molecule has 0 aliphatic carbocycles. The van der Waals surface area contributed by atoms with E-state index in [1.165, 1.54) is 23.9 Å². The third-order valence-electron chi connectivity index (χ3n) is 7.20. The first kappa shape index (κ1) is 32.3. The number of anilines is 1. The lowest BCUT2D eigenvalue weighted by atomic mass is 10.1. The number of piperidine rings is 1. The minimum absolute atomic E-state index is 0.0451. The molecule has 1 aliphatic heterocycles. The van der Waals surface area contributed by atoms with Gasteiger partial charge in [0.15, 0.2) is 5.69 Å². The van der Waals surface area contributed by atoms with Crippen LogP contribution in [0.1, 0.15) is 45.8 Å². The van der Waals surface area contributed by atoms with Gasteiger partial charge in [-0.05, 0) is 67.4 Å². The fraction of sp³-hybridized carbons (Fsp3) is 0.194. The number of thiophene rings is 1. The van der Waals surface area contributed by atoms with E-state index in [4.69, 9.17) is 39.9 Å². The van der Waals surface area contributed by atoms with E-state index in [0.29, 0.717) is 50.0 Å². The Morgan fingerprint density at radius 3 is 2.50 bits per heavy atom. The molecule has 6 rings (SSSR count). The first-order chi connectivity index (χ1) is 22.3. The van der Waals surface area contributed by atoms with Gasteiger partial charge in [0, 0.05) is 45.5 Å². The van der Waals surface area contributed by atoms with Crippen LogP contribution in [0.4, 0.5) is 5.82 Å². The number of hydrogen-bond donors (Lipinski definition) is 2. The average Bonchev–Trinajstić information content (AvgIpc) is 3.80. The normalized spacial score (nSPS) is 14.0. The molecule has 2 N–H and O–H groups in total. The molecule has 1 fully saturated rings. The standard InChI is InChI=1S/C31H26Cl3N7O3S2/c32-21-7-4-20(5-8-21)6-10-23-11-13-27(45-23)30-24(18-40(46(43)44)28-17-35-19-36-28)29(31(42)38-39-14-2-1-3-15-39)37-41(30)26-12-9-22(33)16-25(26)34/h4-5,7-9,11-13,16-17,19H,1-3,14-15,18H2,(H,35,36)(H,38,42)(H,43,44)/p-1. The predicted molar refractivity (Wildman–Crippen MR) is 181 cm³/mol. The van der Waals surface area contributed by atoms with Crippen molar-refractivity contribution in [3.05, 3.63) is 104 Å². The van der Waals surface area contributed by atoms with Crippen molar-refractivity contribution in [2.75, 3.05) is 17.4 Å². The van der Waals surface area contributed by atoms with Gasteiger partial charge in [0.25, 0.3) is 5.91 Å². The highest BCUT2D eigenvalue weighted by Gasteiger charge is 2.30. The molecule has 10 nitrogen and oxygen atoms in total. The number of hydrazine groups is 1. The quantitative estimate of drug-likeness (QED) is 0.138. The summed E-state index contributed by atoms with van der Waals surface area (Å²) in [5.74, 6) is 6.07. The van der Waals surface area contributed by atoms with Gasteiger partial charge in [-0.2, -0.15) is 5.10 Å². The van der Waals surface area contributed by atoms with E-state index in [0.717, 1.165) is 34.0 Å². The summed E-state index contributed by atoms with van der Waals surface area (Å²) >= 11 is 17.6. The molecule has 46 heavy (non-hydrogen) atoms. The minimum atomic E-state index is -2.73. The zero-order valence-electron chi connectivity index (χ0n) is 24.0. The van der Waals surface area contributed by atoms with Crippen LogP contribution < -0.4 is 9.73 Å². The lowest BCUT2D eigenvalue weighted by Crippen LogP contribution is -2.45. The van der Waals surface area contributed by atoms with Crippen LogP contribution in [0, 0.1) is 11.8 Å². The monoisotopic (exact) mass is 712 g/mol. The largest absolute Gasteiger partial charge is 0.755 e. The second kappa shape index (κ2) is 14.4. The number of amides is 1. The number of aromatic amines is 1. The van der Waals surface area contributed by atoms with Crippen LogP contribution in [-0.4, -0.2) is 52.5 Å². The molecular weight excluding hydrogens is 689 g/mol. The summed E-state index contributed by atoms with van der Waals surface area (Å²) in [4.78, 5) is 22.2. The molecule has 236 valence electrons. The van der Waals surface area contributed by atoms with Crippen molar-refractivity contribution in [2.45, 2.75) is 25.8 Å². The second-order valence-corrected chi connectivity index (χ2v) is 13.5. The third kappa shape index (κ3) is 7.32. The molecule has 0 radical (unpaired) electrons. The molecule has 2 aromatic carbocycles. The average molecular weight is 714 g/mol. The van der Waals surface area contributed by atoms with Crippen molar-refractivity contribution in [2.24, 2.45) is 0 Å². The smallest absolute Gasteiger partial charge is 0.286 e. The van der Waals surface area contributed by atoms with Crippen LogP contribution in [-0.2, 0) is 17.8 Å². The molecule has 1 saturated heterocycles. The van der Waals surface area contributed by atoms with Crippen LogP contribution in [0.25, 0.3) is 16.3 Å². The Balaban J connectivity index is 1.51. The number of halogens is 3. The number of H-pyrrole nitrogens is 1. The van der Waals surface area contributed by atoms with Crippen LogP contribution in [0.3, 0.4) is 0 Å². The summed E-state index contributed by atoms with van der Waals surface area (Å²) in [6.07, 6.45) is 5.75. The SMILES string of the molecule is O=C(NN1CCCCC1)c1nn(-c2ccc(Cl)cc2Cl)c(-c2ccc(C#Cc3ccc(Cl)cc3)s2)c1CN(c1cnc[nH]1)S(=O)[O-]. The molecule has 4 heterocycles. The Labute approximate surface area is 286 Å². The Morgan fingerprint density at radius 1 is 1.04 bits per heavy atom. The van der Waals surface area contributed by atoms with Gasteiger partial charge in [0.1, 0.15) is 5.82 Å². The predicted octanol–water partition coefficient (Wildman–Crippen LogP) is 6.62. The highest BCUT2D eigenvalue weighted by molar-refractivity contribution is 7.80. The molecule has 0 saturated carbocycles. The van der Waals surface area contributed by atoms with Gasteiger partial charge in [-0.1, -0.05) is 53.1 Å². The maximum Gasteiger partial charge on any atom is 0.286 e. The number of aromatic nitrogens is 4. The van der Waals surface area contributed by atoms with Crippen LogP contribution >= 0.6 is 46.1 Å². The number of benzene rings is 2. The van der Waals surface area contributed by atoms with Gasteiger partial charge >= 0.3 is 0 Å². The van der Waals surface area contributed by atoms with Crippen LogP contribution in [0.2, 0.25) is 15.1 Å². The van der Waals surface area contributed by atoms with Gasteiger partial charge < -0.3 is 9.54 Å². The van der Waals surface area contributed by atoms with Crippen molar-refractivity contribution in [3.63, 3.8) is 0 Å². The fourth-order valence-electron chi connectivity index (χ4n) is 5.01. The number of hydrogen-bond acceptors (Lipinski definition) is 7. The van der Waals surface area contributed by atoms with Crippen molar-refractivity contribution in [3.8, 4) is 28.1 Å². The highest BCUT2D eigenvalue weighted by Crippen LogP contribution is 2.38. The Hall–Kier alpha value is -3.67. The molecular formula is C31H25Cl3N7O3S2-. The maximum absolute atomic E-state index is 13.9. The molecule has 15 heteroatoms. The van der Waals surface area contributed by atoms with E-state index in [-0.39, 0.29) is 18.1 Å². The van der Waals surface area contributed by atoms with Crippen LogP contribution in [0.5, 0.6) is 0 Å². The summed E-state index contributed by atoms with van der Waals surface area (Å²) in [6, 6.07) is 15.9. The molecule has 3 aromatic heterocycles. The molecule has 0 spiro atoms. The van der Waals surface area contributed by atoms with E-state index < -0.39 is 17.2 Å². The van der Waals surface area contributed by atoms with Gasteiger partial charge in [0.2, 0.25) is 0 Å². The molecule has 1 aliphatic rings. The van der Waals surface area contributed by atoms with Crippen molar-refractivity contribution < 1.29 is 13.6 Å². The van der Waals surface area contributed by atoms with E-state index >= 15 is 0 Å². The zero-order valence-corrected chi connectivity index (χ0v) is 27.9.